The summed E-state index contributed by atoms with van der Waals surface area (Å²) in [6.45, 7) is 16.1. The maximum Gasteiger partial charge on any atom is 0.265 e. The van der Waals surface area contributed by atoms with Crippen molar-refractivity contribution in [3.8, 4) is 5.69 Å². The SMILES string of the molecule is C=C1/C=C(C)\C=C/CN(c2cccc3c2C(=O)N(C(C)(C)N2C(=O)c4cccc(-n5c6ccc(C)cc6c6cc(C)ccc65)c4C2=O)C3=O)c2ccc(C)cc21. The van der Waals surface area contributed by atoms with Crippen molar-refractivity contribution in [1.29, 1.82) is 0 Å². The Kier molecular flexibility index (Phi) is 7.71. The average molecular weight is 737 g/mol. The molecule has 56 heavy (non-hydrogen) atoms. The quantitative estimate of drug-likeness (QED) is 0.168. The summed E-state index contributed by atoms with van der Waals surface area (Å²) >= 11 is 0. The summed E-state index contributed by atoms with van der Waals surface area (Å²) in [5.74, 6) is -2.31. The van der Waals surface area contributed by atoms with Crippen LogP contribution >= 0.6 is 0 Å². The lowest BCUT2D eigenvalue weighted by molar-refractivity contribution is 0.00435. The maximum absolute atomic E-state index is 14.8. The number of hydrogen-bond donors (Lipinski definition) is 0. The fraction of sp³-hybridized carbons (Fsp3) is 0.167. The van der Waals surface area contributed by atoms with E-state index in [9.17, 15) is 19.2 Å². The molecule has 0 saturated carbocycles. The van der Waals surface area contributed by atoms with Gasteiger partial charge in [0.05, 0.1) is 44.7 Å². The van der Waals surface area contributed by atoms with E-state index in [1.165, 1.54) is 0 Å². The van der Waals surface area contributed by atoms with Gasteiger partial charge in [-0.15, -0.1) is 0 Å². The second-order valence-corrected chi connectivity index (χ2v) is 15.6. The molecule has 0 unspecified atom stereocenters. The molecule has 1 aromatic heterocycles. The number of aromatic nitrogens is 1. The first-order valence-electron chi connectivity index (χ1n) is 18.8. The zero-order chi connectivity index (χ0) is 39.4. The van der Waals surface area contributed by atoms with Crippen molar-refractivity contribution in [3.05, 3.63) is 166 Å². The van der Waals surface area contributed by atoms with E-state index in [1.54, 1.807) is 38.1 Å². The van der Waals surface area contributed by atoms with Gasteiger partial charge in [0.2, 0.25) is 0 Å². The number of allylic oxidation sites excluding steroid dienone is 4. The molecule has 0 spiro atoms. The minimum absolute atomic E-state index is 0.208. The van der Waals surface area contributed by atoms with Crippen molar-refractivity contribution < 1.29 is 19.2 Å². The smallest absolute Gasteiger partial charge is 0.265 e. The van der Waals surface area contributed by atoms with Crippen LogP contribution in [-0.2, 0) is 0 Å². The van der Waals surface area contributed by atoms with Crippen molar-refractivity contribution in [2.45, 2.75) is 47.2 Å². The van der Waals surface area contributed by atoms with Crippen LogP contribution in [0.3, 0.4) is 0 Å². The predicted octanol–water partition coefficient (Wildman–Crippen LogP) is 10.0. The monoisotopic (exact) mass is 736 g/mol. The fourth-order valence-corrected chi connectivity index (χ4v) is 8.76. The highest BCUT2D eigenvalue weighted by Gasteiger charge is 2.54. The summed E-state index contributed by atoms with van der Waals surface area (Å²) in [4.78, 5) is 62.8. The van der Waals surface area contributed by atoms with Gasteiger partial charge in [0.25, 0.3) is 23.6 Å². The third-order valence-corrected chi connectivity index (χ3v) is 11.3. The molecule has 0 bridgehead atoms. The van der Waals surface area contributed by atoms with Crippen LogP contribution in [0.5, 0.6) is 0 Å². The number of aryl methyl sites for hydroxylation is 3. The molecule has 3 aliphatic heterocycles. The zero-order valence-corrected chi connectivity index (χ0v) is 32.2. The van der Waals surface area contributed by atoms with E-state index in [2.05, 4.69) is 24.8 Å². The van der Waals surface area contributed by atoms with E-state index in [4.69, 9.17) is 0 Å². The summed E-state index contributed by atoms with van der Waals surface area (Å²) in [5.41, 5.74) is 8.97. The Morgan fingerprint density at radius 1 is 0.571 bits per heavy atom. The largest absolute Gasteiger partial charge is 0.336 e. The molecule has 0 N–H and O–H groups in total. The third-order valence-electron chi connectivity index (χ3n) is 11.3. The summed E-state index contributed by atoms with van der Waals surface area (Å²) in [6.07, 6.45) is 6.07. The molecule has 0 aliphatic carbocycles. The Morgan fingerprint density at radius 2 is 1.09 bits per heavy atom. The van der Waals surface area contributed by atoms with Crippen molar-refractivity contribution in [3.63, 3.8) is 0 Å². The van der Waals surface area contributed by atoms with Gasteiger partial charge in [-0.1, -0.05) is 77.4 Å². The van der Waals surface area contributed by atoms with Crippen molar-refractivity contribution >= 4 is 62.4 Å². The molecular formula is C48H40N4O4. The minimum Gasteiger partial charge on any atom is -0.336 e. The summed E-state index contributed by atoms with van der Waals surface area (Å²) in [7, 11) is 0. The van der Waals surface area contributed by atoms with E-state index in [-0.39, 0.29) is 22.3 Å². The fourth-order valence-electron chi connectivity index (χ4n) is 8.76. The predicted molar refractivity (Wildman–Crippen MR) is 222 cm³/mol. The van der Waals surface area contributed by atoms with Crippen molar-refractivity contribution in [1.82, 2.24) is 14.4 Å². The molecule has 0 saturated heterocycles. The molecule has 6 aromatic rings. The Hall–Kier alpha value is -6.80. The molecule has 5 aromatic carbocycles. The lowest BCUT2D eigenvalue weighted by Crippen LogP contribution is -2.60. The van der Waals surface area contributed by atoms with Crippen LogP contribution in [0.2, 0.25) is 0 Å². The number of carbonyl (C=O) groups excluding carboxylic acids is 4. The highest BCUT2D eigenvalue weighted by atomic mass is 16.2. The van der Waals surface area contributed by atoms with Crippen LogP contribution in [0, 0.1) is 20.8 Å². The van der Waals surface area contributed by atoms with Crippen LogP contribution in [0.25, 0.3) is 33.1 Å². The van der Waals surface area contributed by atoms with Gasteiger partial charge in [-0.3, -0.25) is 29.0 Å². The zero-order valence-electron chi connectivity index (χ0n) is 32.2. The number of rotatable bonds is 4. The number of anilines is 2. The molecule has 9 rings (SSSR count). The second-order valence-electron chi connectivity index (χ2n) is 15.6. The number of imide groups is 2. The third kappa shape index (κ3) is 4.98. The number of hydrogen-bond acceptors (Lipinski definition) is 5. The lowest BCUT2D eigenvalue weighted by atomic mass is 9.99. The molecule has 4 heterocycles. The Bertz CT molecular complexity index is 2810. The maximum atomic E-state index is 14.8. The Balaban J connectivity index is 1.14. The van der Waals surface area contributed by atoms with Crippen LogP contribution < -0.4 is 4.90 Å². The number of nitrogens with zero attached hydrogens (tertiary/aromatic N) is 4. The van der Waals surface area contributed by atoms with Crippen LogP contribution in [0.1, 0.15) is 84.5 Å². The molecule has 276 valence electrons. The van der Waals surface area contributed by atoms with E-state index < -0.39 is 29.3 Å². The number of benzene rings is 5. The van der Waals surface area contributed by atoms with E-state index in [0.717, 1.165) is 70.7 Å². The first-order valence-corrected chi connectivity index (χ1v) is 18.8. The second kappa shape index (κ2) is 12.4. The van der Waals surface area contributed by atoms with Crippen molar-refractivity contribution in [2.75, 3.05) is 11.4 Å². The molecule has 0 fully saturated rings. The summed E-state index contributed by atoms with van der Waals surface area (Å²) in [6, 6.07) is 29.0. The summed E-state index contributed by atoms with van der Waals surface area (Å²) < 4.78 is 2.03. The Labute approximate surface area is 325 Å². The average Bonchev–Trinajstić information content (AvgIpc) is 3.74. The Morgan fingerprint density at radius 3 is 1.68 bits per heavy atom. The van der Waals surface area contributed by atoms with Gasteiger partial charge < -0.3 is 9.47 Å². The molecule has 8 heteroatoms. The van der Waals surface area contributed by atoms with Gasteiger partial charge in [-0.25, -0.2) is 0 Å². The molecule has 4 amide bonds. The highest BCUT2D eigenvalue weighted by molar-refractivity contribution is 6.27. The van der Waals surface area contributed by atoms with Crippen LogP contribution in [-0.4, -0.2) is 50.2 Å². The van der Waals surface area contributed by atoms with Gasteiger partial charge in [0.1, 0.15) is 5.66 Å². The molecule has 0 atom stereocenters. The van der Waals surface area contributed by atoms with E-state index >= 15 is 0 Å². The topological polar surface area (TPSA) is 82.9 Å². The van der Waals surface area contributed by atoms with Gasteiger partial charge in [-0.2, -0.15) is 0 Å². The number of amides is 4. The minimum atomic E-state index is -1.68. The first-order chi connectivity index (χ1) is 26.8. The lowest BCUT2D eigenvalue weighted by Gasteiger charge is -2.40. The highest BCUT2D eigenvalue weighted by Crippen LogP contribution is 2.44. The molecule has 3 aliphatic rings. The van der Waals surface area contributed by atoms with Crippen LogP contribution in [0.15, 0.2) is 121 Å². The van der Waals surface area contributed by atoms with Gasteiger partial charge >= 0.3 is 0 Å². The standard InChI is InChI=1S/C48H40N4O4/c1-27-11-10-22-49(37-19-16-28(2)24-34(37)31(5)23-27)40-14-8-12-32-42(40)46(55)51(44(32)53)48(6,7)52-45(54)33-13-9-15-41(43(33)47(52)56)50-38-20-17-29(3)25-35(38)36-26-30(4)18-21-39(36)50/h8-21,23-26H,5,22H2,1-4,6-7H3/b11-10-,27-23-. The van der Waals surface area contributed by atoms with Gasteiger partial charge in [0, 0.05) is 28.6 Å². The van der Waals surface area contributed by atoms with E-state index in [1.807, 2.05) is 104 Å². The van der Waals surface area contributed by atoms with E-state index in [0.29, 0.717) is 17.9 Å². The van der Waals surface area contributed by atoms with Gasteiger partial charge in [-0.05, 0) is 108 Å². The number of carbonyl (C=O) groups is 4. The van der Waals surface area contributed by atoms with Crippen LogP contribution in [0.4, 0.5) is 11.4 Å². The molecular weight excluding hydrogens is 697 g/mol. The molecule has 0 radical (unpaired) electrons. The molecule has 8 nitrogen and oxygen atoms in total. The van der Waals surface area contributed by atoms with Gasteiger partial charge in [0.15, 0.2) is 0 Å². The number of fused-ring (bicyclic) bond motifs is 6. The summed E-state index contributed by atoms with van der Waals surface area (Å²) in [5, 5.41) is 2.08. The van der Waals surface area contributed by atoms with Crippen molar-refractivity contribution in [2.24, 2.45) is 0 Å². The first kappa shape index (κ1) is 34.9. The normalized spacial score (nSPS) is 17.2.